The summed E-state index contributed by atoms with van der Waals surface area (Å²) in [4.78, 5) is 8.12. The quantitative estimate of drug-likeness (QED) is 0.429. The normalized spacial score (nSPS) is 16.9. The van der Waals surface area contributed by atoms with Gasteiger partial charge < -0.3 is 0 Å². The van der Waals surface area contributed by atoms with E-state index in [4.69, 9.17) is 11.6 Å². The summed E-state index contributed by atoms with van der Waals surface area (Å²) in [6.45, 7) is 13.4. The number of benzene rings is 1. The predicted octanol–water partition coefficient (Wildman–Crippen LogP) is 6.37. The molecule has 0 N–H and O–H groups in total. The van der Waals surface area contributed by atoms with Crippen molar-refractivity contribution in [2.75, 3.05) is 0 Å². The van der Waals surface area contributed by atoms with E-state index in [-0.39, 0.29) is 5.92 Å². The number of allylic oxidation sites excluding steroid dienone is 5. The number of para-hydroxylation sites is 1. The smallest absolute Gasteiger partial charge is 0.151 e. The number of rotatable bonds is 6. The van der Waals surface area contributed by atoms with Gasteiger partial charge in [-0.3, -0.25) is 4.99 Å². The molecule has 0 bridgehead atoms. The van der Waals surface area contributed by atoms with E-state index in [1.165, 1.54) is 16.7 Å². The molecule has 1 atom stereocenters. The third kappa shape index (κ3) is 4.79. The molecule has 0 aliphatic carbocycles. The fourth-order valence-electron chi connectivity index (χ4n) is 2.74. The van der Waals surface area contributed by atoms with Crippen LogP contribution < -0.4 is 0 Å². The minimum absolute atomic E-state index is 0.141. The Morgan fingerprint density at radius 2 is 2.00 bits per heavy atom. The minimum atomic E-state index is 0.141. The lowest BCUT2D eigenvalue weighted by Gasteiger charge is -2.09. The third-order valence-electron chi connectivity index (χ3n) is 4.00. The Hall–Kier alpha value is -2.40. The summed E-state index contributed by atoms with van der Waals surface area (Å²) in [5.41, 5.74) is 6.15. The van der Waals surface area contributed by atoms with Crippen LogP contribution in [-0.2, 0) is 0 Å². The zero-order chi connectivity index (χ0) is 16.7. The zero-order valence-electron chi connectivity index (χ0n) is 14.2. The molecule has 0 radical (unpaired) electrons. The highest BCUT2D eigenvalue weighted by molar-refractivity contribution is 6.00. The molecule has 2 nitrogen and oxygen atoms in total. The van der Waals surface area contributed by atoms with Gasteiger partial charge in [-0.05, 0) is 45.2 Å². The Balaban J connectivity index is 2.08. The zero-order valence-corrected chi connectivity index (χ0v) is 14.2. The number of hydrogen-bond acceptors (Lipinski definition) is 1. The Bertz CT molecular complexity index is 708. The Morgan fingerprint density at radius 1 is 1.22 bits per heavy atom. The second-order valence-electron chi connectivity index (χ2n) is 6.18. The van der Waals surface area contributed by atoms with E-state index < -0.39 is 0 Å². The molecule has 1 aliphatic rings. The van der Waals surface area contributed by atoms with Crippen molar-refractivity contribution in [2.24, 2.45) is 4.99 Å². The Morgan fingerprint density at radius 3 is 2.74 bits per heavy atom. The predicted molar refractivity (Wildman–Crippen MR) is 99.1 cm³/mol. The summed E-state index contributed by atoms with van der Waals surface area (Å²) in [6, 6.07) is 8.21. The standard InChI is InChI=1S/C21H24N2/c1-16(2)8-7-9-17(3)12-13-21-19(14-15-22-4)18-10-5-6-11-20(18)23-21/h5-6,8,10-12,14-15,19H,7,9,13H2,1-3H3/b15-14-,17-12+. The molecule has 0 saturated carbocycles. The van der Waals surface area contributed by atoms with Gasteiger partial charge in [-0.1, -0.05) is 47.6 Å². The van der Waals surface area contributed by atoms with Crippen LogP contribution in [0.15, 0.2) is 64.8 Å². The van der Waals surface area contributed by atoms with E-state index in [1.807, 2.05) is 24.3 Å². The summed E-state index contributed by atoms with van der Waals surface area (Å²) < 4.78 is 0. The van der Waals surface area contributed by atoms with Gasteiger partial charge in [-0.15, -0.1) is 0 Å². The van der Waals surface area contributed by atoms with Crippen LogP contribution in [0.1, 0.15) is 51.5 Å². The molecular formula is C21H24N2. The van der Waals surface area contributed by atoms with Crippen LogP contribution in [0.5, 0.6) is 0 Å². The maximum absolute atomic E-state index is 6.98. The molecule has 118 valence electrons. The summed E-state index contributed by atoms with van der Waals surface area (Å²) in [7, 11) is 0. The molecule has 1 aromatic rings. The van der Waals surface area contributed by atoms with Crippen LogP contribution in [0.2, 0.25) is 0 Å². The van der Waals surface area contributed by atoms with Gasteiger partial charge in [0.2, 0.25) is 0 Å². The molecule has 23 heavy (non-hydrogen) atoms. The SMILES string of the molecule is [C-]#[N+]/C=C\C1C(C/C=C(\C)CCC=C(C)C)=Nc2ccccc21. The highest BCUT2D eigenvalue weighted by atomic mass is 14.8. The fraction of sp³-hybridized carbons (Fsp3) is 0.333. The maximum Gasteiger partial charge on any atom is 0.151 e. The van der Waals surface area contributed by atoms with Crippen molar-refractivity contribution in [1.29, 1.82) is 0 Å². The molecule has 1 heterocycles. The van der Waals surface area contributed by atoms with E-state index in [2.05, 4.69) is 43.8 Å². The number of fused-ring (bicyclic) bond motifs is 1. The van der Waals surface area contributed by atoms with Crippen molar-refractivity contribution in [2.45, 2.75) is 46.0 Å². The Kier molecular flexibility index (Phi) is 6.11. The van der Waals surface area contributed by atoms with Gasteiger partial charge in [-0.25, -0.2) is 4.85 Å². The monoisotopic (exact) mass is 304 g/mol. The number of nitrogens with zero attached hydrogens (tertiary/aromatic N) is 2. The summed E-state index contributed by atoms with van der Waals surface area (Å²) >= 11 is 0. The van der Waals surface area contributed by atoms with Gasteiger partial charge in [0.1, 0.15) is 0 Å². The van der Waals surface area contributed by atoms with Gasteiger partial charge in [-0.2, -0.15) is 0 Å². The van der Waals surface area contributed by atoms with Gasteiger partial charge in [0.15, 0.2) is 6.20 Å². The molecule has 0 amide bonds. The molecule has 2 rings (SSSR count). The average molecular weight is 304 g/mol. The number of hydrogen-bond donors (Lipinski definition) is 0. The first-order valence-corrected chi connectivity index (χ1v) is 8.10. The van der Waals surface area contributed by atoms with Crippen molar-refractivity contribution in [3.63, 3.8) is 0 Å². The van der Waals surface area contributed by atoms with Gasteiger partial charge in [0, 0.05) is 18.1 Å². The van der Waals surface area contributed by atoms with Crippen LogP contribution >= 0.6 is 0 Å². The van der Waals surface area contributed by atoms with Crippen molar-refractivity contribution < 1.29 is 0 Å². The highest BCUT2D eigenvalue weighted by Gasteiger charge is 2.23. The third-order valence-corrected chi connectivity index (χ3v) is 4.00. The first kappa shape index (κ1) is 17.0. The lowest BCUT2D eigenvalue weighted by Crippen LogP contribution is -2.04. The molecule has 1 aliphatic heterocycles. The van der Waals surface area contributed by atoms with Crippen molar-refractivity contribution in [3.05, 3.63) is 76.8 Å². The molecule has 1 aromatic carbocycles. The van der Waals surface area contributed by atoms with Crippen LogP contribution in [0, 0.1) is 6.57 Å². The second-order valence-corrected chi connectivity index (χ2v) is 6.18. The molecule has 0 aromatic heterocycles. The van der Waals surface area contributed by atoms with Gasteiger partial charge >= 0.3 is 0 Å². The lowest BCUT2D eigenvalue weighted by molar-refractivity contribution is 0.958. The van der Waals surface area contributed by atoms with Crippen LogP contribution in [0.3, 0.4) is 0 Å². The van der Waals surface area contributed by atoms with Crippen LogP contribution in [0.25, 0.3) is 4.85 Å². The topological polar surface area (TPSA) is 16.7 Å². The van der Waals surface area contributed by atoms with Crippen molar-refractivity contribution in [1.82, 2.24) is 0 Å². The maximum atomic E-state index is 6.98. The first-order chi connectivity index (χ1) is 11.1. The van der Waals surface area contributed by atoms with Crippen LogP contribution in [-0.4, -0.2) is 5.71 Å². The average Bonchev–Trinajstić information content (AvgIpc) is 2.88. The summed E-state index contributed by atoms with van der Waals surface area (Å²) in [6.07, 6.45) is 11.1. The fourth-order valence-corrected chi connectivity index (χ4v) is 2.74. The Labute approximate surface area is 139 Å². The van der Waals surface area contributed by atoms with E-state index in [0.717, 1.165) is 30.7 Å². The van der Waals surface area contributed by atoms with E-state index >= 15 is 0 Å². The van der Waals surface area contributed by atoms with Crippen molar-refractivity contribution >= 4 is 11.4 Å². The van der Waals surface area contributed by atoms with Gasteiger partial charge in [0.25, 0.3) is 0 Å². The minimum Gasteiger partial charge on any atom is -0.256 e. The largest absolute Gasteiger partial charge is 0.256 e. The van der Waals surface area contributed by atoms with Crippen molar-refractivity contribution in [3.8, 4) is 0 Å². The van der Waals surface area contributed by atoms with Gasteiger partial charge in [0.05, 0.1) is 12.3 Å². The molecule has 2 heteroatoms. The van der Waals surface area contributed by atoms with E-state index in [9.17, 15) is 0 Å². The molecule has 0 saturated heterocycles. The molecule has 0 spiro atoms. The molecular weight excluding hydrogens is 280 g/mol. The van der Waals surface area contributed by atoms with E-state index in [0.29, 0.717) is 0 Å². The van der Waals surface area contributed by atoms with Crippen LogP contribution in [0.4, 0.5) is 5.69 Å². The summed E-state index contributed by atoms with van der Waals surface area (Å²) in [5.74, 6) is 0.141. The number of aliphatic imine (C=N–C) groups is 1. The first-order valence-electron chi connectivity index (χ1n) is 8.10. The molecule has 0 fully saturated rings. The molecule has 1 unspecified atom stereocenters. The lowest BCUT2D eigenvalue weighted by atomic mass is 9.93. The highest BCUT2D eigenvalue weighted by Crippen LogP contribution is 2.37. The second kappa shape index (κ2) is 8.29. The van der Waals surface area contributed by atoms with E-state index in [1.54, 1.807) is 6.20 Å². The summed E-state index contributed by atoms with van der Waals surface area (Å²) in [5, 5.41) is 0.